The molecule has 0 aromatic heterocycles. The van der Waals surface area contributed by atoms with Crippen molar-refractivity contribution >= 4 is 11.4 Å². The first-order chi connectivity index (χ1) is 8.50. The number of para-hydroxylation sites is 1. The summed E-state index contributed by atoms with van der Waals surface area (Å²) in [5.41, 5.74) is 9.60. The van der Waals surface area contributed by atoms with E-state index in [0.29, 0.717) is 5.41 Å². The van der Waals surface area contributed by atoms with E-state index in [4.69, 9.17) is 5.73 Å². The van der Waals surface area contributed by atoms with E-state index in [-0.39, 0.29) is 0 Å². The van der Waals surface area contributed by atoms with Crippen molar-refractivity contribution in [2.75, 3.05) is 17.6 Å². The van der Waals surface area contributed by atoms with Crippen LogP contribution in [0.2, 0.25) is 0 Å². The number of benzene rings is 1. The molecule has 1 aromatic rings. The molecule has 0 bridgehead atoms. The molecule has 100 valence electrons. The van der Waals surface area contributed by atoms with Gasteiger partial charge in [0.2, 0.25) is 0 Å². The molecule has 2 rings (SSSR count). The van der Waals surface area contributed by atoms with E-state index in [0.717, 1.165) is 23.8 Å². The third kappa shape index (κ3) is 2.80. The van der Waals surface area contributed by atoms with Crippen LogP contribution in [0.25, 0.3) is 0 Å². The van der Waals surface area contributed by atoms with Crippen molar-refractivity contribution in [2.24, 2.45) is 11.3 Å². The molecular formula is C16H26N2. The molecule has 3 N–H and O–H groups in total. The highest BCUT2D eigenvalue weighted by Crippen LogP contribution is 2.40. The Morgan fingerprint density at radius 3 is 2.56 bits per heavy atom. The first-order valence-electron chi connectivity index (χ1n) is 7.09. The van der Waals surface area contributed by atoms with E-state index in [1.165, 1.54) is 31.2 Å². The topological polar surface area (TPSA) is 38.0 Å². The van der Waals surface area contributed by atoms with E-state index in [1.54, 1.807) is 0 Å². The first kappa shape index (κ1) is 13.3. The third-order valence-electron chi connectivity index (χ3n) is 4.49. The van der Waals surface area contributed by atoms with Gasteiger partial charge in [-0.1, -0.05) is 38.8 Å². The molecule has 0 atom stereocenters. The number of nitrogens with two attached hydrogens (primary N) is 1. The van der Waals surface area contributed by atoms with E-state index in [2.05, 4.69) is 32.2 Å². The minimum atomic E-state index is 0.352. The molecule has 18 heavy (non-hydrogen) atoms. The van der Waals surface area contributed by atoms with Gasteiger partial charge in [0.1, 0.15) is 0 Å². The molecule has 2 heteroatoms. The molecule has 0 saturated heterocycles. The SMILES string of the molecule is Cc1cccc(N)c1NCC(C)(C)C1CCCC1. The maximum Gasteiger partial charge on any atom is 0.0603 e. The summed E-state index contributed by atoms with van der Waals surface area (Å²) in [5.74, 6) is 0.857. The monoisotopic (exact) mass is 246 g/mol. The van der Waals surface area contributed by atoms with Crippen LogP contribution >= 0.6 is 0 Å². The fourth-order valence-corrected chi connectivity index (χ4v) is 3.10. The van der Waals surface area contributed by atoms with Crippen LogP contribution in [-0.4, -0.2) is 6.54 Å². The summed E-state index contributed by atoms with van der Waals surface area (Å²) in [5, 5.41) is 3.57. The highest BCUT2D eigenvalue weighted by Gasteiger charge is 2.31. The van der Waals surface area contributed by atoms with Crippen LogP contribution in [-0.2, 0) is 0 Å². The molecule has 0 spiro atoms. The third-order valence-corrected chi connectivity index (χ3v) is 4.49. The Bertz CT molecular complexity index is 383. The van der Waals surface area contributed by atoms with Crippen LogP contribution in [0, 0.1) is 18.3 Å². The molecule has 1 aromatic carbocycles. The number of hydrogen-bond donors (Lipinski definition) is 2. The minimum absolute atomic E-state index is 0.352. The van der Waals surface area contributed by atoms with Gasteiger partial charge in [-0.25, -0.2) is 0 Å². The van der Waals surface area contributed by atoms with E-state index in [1.807, 2.05) is 12.1 Å². The Balaban J connectivity index is 2.02. The van der Waals surface area contributed by atoms with Crippen molar-refractivity contribution in [1.29, 1.82) is 0 Å². The molecule has 0 radical (unpaired) electrons. The summed E-state index contributed by atoms with van der Waals surface area (Å²) in [7, 11) is 0. The fourth-order valence-electron chi connectivity index (χ4n) is 3.10. The summed E-state index contributed by atoms with van der Waals surface area (Å²) in [6.45, 7) is 7.88. The molecule has 0 amide bonds. The maximum absolute atomic E-state index is 6.04. The lowest BCUT2D eigenvalue weighted by Gasteiger charge is -2.32. The van der Waals surface area contributed by atoms with Gasteiger partial charge in [0.25, 0.3) is 0 Å². The number of nitrogen functional groups attached to an aromatic ring is 1. The number of hydrogen-bond acceptors (Lipinski definition) is 2. The zero-order valence-corrected chi connectivity index (χ0v) is 11.9. The van der Waals surface area contributed by atoms with Gasteiger partial charge in [0.15, 0.2) is 0 Å². The normalized spacial score (nSPS) is 17.1. The lowest BCUT2D eigenvalue weighted by atomic mass is 9.77. The zero-order valence-electron chi connectivity index (χ0n) is 11.9. The lowest BCUT2D eigenvalue weighted by Crippen LogP contribution is -2.30. The highest BCUT2D eigenvalue weighted by molar-refractivity contribution is 5.69. The van der Waals surface area contributed by atoms with Gasteiger partial charge >= 0.3 is 0 Å². The Morgan fingerprint density at radius 1 is 1.28 bits per heavy atom. The van der Waals surface area contributed by atoms with Crippen molar-refractivity contribution in [3.63, 3.8) is 0 Å². The molecule has 0 aliphatic heterocycles. The van der Waals surface area contributed by atoms with Crippen molar-refractivity contribution in [3.8, 4) is 0 Å². The fraction of sp³-hybridized carbons (Fsp3) is 0.625. The minimum Gasteiger partial charge on any atom is -0.397 e. The Hall–Kier alpha value is -1.18. The quantitative estimate of drug-likeness (QED) is 0.781. The van der Waals surface area contributed by atoms with E-state index in [9.17, 15) is 0 Å². The van der Waals surface area contributed by atoms with Crippen molar-refractivity contribution < 1.29 is 0 Å². The molecule has 0 unspecified atom stereocenters. The van der Waals surface area contributed by atoms with Gasteiger partial charge in [0, 0.05) is 6.54 Å². The van der Waals surface area contributed by atoms with Gasteiger partial charge < -0.3 is 11.1 Å². The molecule has 1 fully saturated rings. The van der Waals surface area contributed by atoms with Gasteiger partial charge in [-0.2, -0.15) is 0 Å². The molecule has 1 aliphatic carbocycles. The number of anilines is 2. The summed E-state index contributed by atoms with van der Waals surface area (Å²) in [6.07, 6.45) is 5.58. The van der Waals surface area contributed by atoms with Crippen LogP contribution < -0.4 is 11.1 Å². The average molecular weight is 246 g/mol. The predicted octanol–water partition coefficient (Wildman–Crippen LogP) is 4.21. The second-order valence-electron chi connectivity index (χ2n) is 6.36. The van der Waals surface area contributed by atoms with Crippen LogP contribution in [0.1, 0.15) is 45.1 Å². The zero-order chi connectivity index (χ0) is 13.2. The Morgan fingerprint density at radius 2 is 1.94 bits per heavy atom. The van der Waals surface area contributed by atoms with E-state index < -0.39 is 0 Å². The second-order valence-corrected chi connectivity index (χ2v) is 6.36. The van der Waals surface area contributed by atoms with Crippen molar-refractivity contribution in [2.45, 2.75) is 46.5 Å². The van der Waals surface area contributed by atoms with Crippen LogP contribution in [0.3, 0.4) is 0 Å². The number of rotatable bonds is 4. The number of aryl methyl sites for hydroxylation is 1. The van der Waals surface area contributed by atoms with Crippen molar-refractivity contribution in [1.82, 2.24) is 0 Å². The molecule has 2 nitrogen and oxygen atoms in total. The lowest BCUT2D eigenvalue weighted by molar-refractivity contribution is 0.234. The summed E-state index contributed by atoms with van der Waals surface area (Å²) >= 11 is 0. The van der Waals surface area contributed by atoms with Gasteiger partial charge in [-0.15, -0.1) is 0 Å². The second kappa shape index (κ2) is 5.21. The van der Waals surface area contributed by atoms with Crippen molar-refractivity contribution in [3.05, 3.63) is 23.8 Å². The summed E-state index contributed by atoms with van der Waals surface area (Å²) in [6, 6.07) is 6.09. The highest BCUT2D eigenvalue weighted by atomic mass is 14.9. The number of nitrogens with one attached hydrogen (secondary N) is 1. The first-order valence-corrected chi connectivity index (χ1v) is 7.09. The van der Waals surface area contributed by atoms with Gasteiger partial charge in [0.05, 0.1) is 11.4 Å². The molecule has 1 aliphatic rings. The van der Waals surface area contributed by atoms with Crippen LogP contribution in [0.5, 0.6) is 0 Å². The van der Waals surface area contributed by atoms with E-state index >= 15 is 0 Å². The molecule has 1 saturated carbocycles. The smallest absolute Gasteiger partial charge is 0.0603 e. The van der Waals surface area contributed by atoms with Gasteiger partial charge in [-0.3, -0.25) is 0 Å². The predicted molar refractivity (Wildman–Crippen MR) is 79.8 cm³/mol. The van der Waals surface area contributed by atoms with Crippen LogP contribution in [0.15, 0.2) is 18.2 Å². The summed E-state index contributed by atoms with van der Waals surface area (Å²) in [4.78, 5) is 0. The Labute approximate surface area is 111 Å². The molecule has 0 heterocycles. The largest absolute Gasteiger partial charge is 0.397 e. The average Bonchev–Trinajstić information content (AvgIpc) is 2.82. The van der Waals surface area contributed by atoms with Crippen LogP contribution in [0.4, 0.5) is 11.4 Å². The molecular weight excluding hydrogens is 220 g/mol. The Kier molecular flexibility index (Phi) is 3.84. The standard InChI is InChI=1S/C16H26N2/c1-12-7-6-10-14(17)15(12)18-11-16(2,3)13-8-4-5-9-13/h6-7,10,13,18H,4-5,8-9,11,17H2,1-3H3. The summed E-state index contributed by atoms with van der Waals surface area (Å²) < 4.78 is 0. The van der Waals surface area contributed by atoms with Gasteiger partial charge in [-0.05, 0) is 42.7 Å². The maximum atomic E-state index is 6.04.